The number of halogens is 1. The van der Waals surface area contributed by atoms with Crippen molar-refractivity contribution in [3.63, 3.8) is 0 Å². The molecule has 0 saturated carbocycles. The van der Waals surface area contributed by atoms with E-state index in [-0.39, 0.29) is 0 Å². The van der Waals surface area contributed by atoms with Crippen LogP contribution < -0.4 is 10.2 Å². The average molecular weight is 205 g/mol. The number of hydrogen-bond acceptors (Lipinski definition) is 5. The zero-order chi connectivity index (χ0) is 10.6. The van der Waals surface area contributed by atoms with Gasteiger partial charge in [-0.25, -0.2) is 0 Å². The molecule has 0 saturated heterocycles. The van der Waals surface area contributed by atoms with Gasteiger partial charge in [-0.05, 0) is 18.6 Å². The molecule has 0 aromatic rings. The van der Waals surface area contributed by atoms with E-state index in [9.17, 15) is 24.6 Å². The lowest BCUT2D eigenvalue weighted by Gasteiger charge is -2.07. The summed E-state index contributed by atoms with van der Waals surface area (Å²) in [5, 5.41) is 18.3. The van der Waals surface area contributed by atoms with Gasteiger partial charge in [0.05, 0.1) is 11.9 Å². The minimum atomic E-state index is -1.87. The molecule has 72 valence electrons. The molecule has 0 N–H and O–H groups in total. The molecule has 0 heterocycles. The van der Waals surface area contributed by atoms with Crippen LogP contribution in [-0.2, 0) is 14.4 Å². The Balaban J connectivity index is 4.56. The molecule has 6 heteroatoms. The van der Waals surface area contributed by atoms with Crippen LogP contribution >= 0.6 is 11.6 Å². The van der Waals surface area contributed by atoms with Gasteiger partial charge in [-0.15, -0.1) is 11.6 Å². The first-order valence-electron chi connectivity index (χ1n) is 3.14. The number of carboxylic acid groups (broad SMARTS) is 2. The van der Waals surface area contributed by atoms with E-state index in [4.69, 9.17) is 11.6 Å². The number of allylic oxidation sites excluding steroid dienone is 1. The monoisotopic (exact) mass is 204 g/mol. The number of aliphatic carboxylic acids is 2. The van der Waals surface area contributed by atoms with Gasteiger partial charge in [0.15, 0.2) is 5.78 Å². The van der Waals surface area contributed by atoms with E-state index in [1.807, 2.05) is 0 Å². The molecule has 0 rings (SSSR count). The summed E-state index contributed by atoms with van der Waals surface area (Å²) in [6.45, 7) is 1.09. The molecule has 0 radical (unpaired) electrons. The fourth-order valence-corrected chi connectivity index (χ4v) is 0.525. The number of hydrogen-bond donors (Lipinski definition) is 0. The summed E-state index contributed by atoms with van der Waals surface area (Å²) < 4.78 is 0. The highest BCUT2D eigenvalue weighted by atomic mass is 35.5. The fraction of sp³-hybridized carbons (Fsp3) is 0.286. The van der Waals surface area contributed by atoms with E-state index in [1.54, 1.807) is 0 Å². The highest BCUT2D eigenvalue weighted by Gasteiger charge is 2.13. The molecule has 0 aliphatic heterocycles. The molecular weight excluding hydrogens is 200 g/mol. The zero-order valence-electron chi connectivity index (χ0n) is 6.57. The zero-order valence-corrected chi connectivity index (χ0v) is 7.33. The van der Waals surface area contributed by atoms with E-state index >= 15 is 0 Å². The molecule has 0 aromatic carbocycles. The van der Waals surface area contributed by atoms with Crippen molar-refractivity contribution in [1.82, 2.24) is 0 Å². The average Bonchev–Trinajstić information content (AvgIpc) is 2.02. The van der Waals surface area contributed by atoms with Gasteiger partial charge in [0.25, 0.3) is 0 Å². The van der Waals surface area contributed by atoms with Crippen LogP contribution in [-0.4, -0.2) is 23.1 Å². The molecule has 0 amide bonds. The predicted molar refractivity (Wildman–Crippen MR) is 38.4 cm³/mol. The summed E-state index contributed by atoms with van der Waals surface area (Å²) >= 11 is 5.05. The summed E-state index contributed by atoms with van der Waals surface area (Å²) in [6, 6.07) is 0. The van der Waals surface area contributed by atoms with Gasteiger partial charge in [-0.1, -0.05) is 0 Å². The maximum atomic E-state index is 10.8. The SMILES string of the molecule is C/C(=C/C(=O)C(Cl)C(=O)[O-])C(=O)[O-]. The maximum Gasteiger partial charge on any atom is 0.179 e. The number of carbonyl (C=O) groups excluding carboxylic acids is 3. The first-order chi connectivity index (χ1) is 5.86. The van der Waals surface area contributed by atoms with Crippen molar-refractivity contribution in [3.05, 3.63) is 11.6 Å². The highest BCUT2D eigenvalue weighted by Crippen LogP contribution is 2.00. The topological polar surface area (TPSA) is 97.3 Å². The molecule has 0 aliphatic rings. The minimum Gasteiger partial charge on any atom is -0.548 e. The Kier molecular flexibility index (Phi) is 4.13. The van der Waals surface area contributed by atoms with Crippen LogP contribution in [0.25, 0.3) is 0 Å². The summed E-state index contributed by atoms with van der Waals surface area (Å²) in [4.78, 5) is 30.9. The van der Waals surface area contributed by atoms with Crippen LogP contribution in [0.4, 0.5) is 0 Å². The number of alkyl halides is 1. The third-order valence-corrected chi connectivity index (χ3v) is 1.53. The Hall–Kier alpha value is -1.36. The van der Waals surface area contributed by atoms with Gasteiger partial charge in [0, 0.05) is 0 Å². The van der Waals surface area contributed by atoms with Crippen molar-refractivity contribution in [2.75, 3.05) is 0 Å². The second-order valence-electron chi connectivity index (χ2n) is 2.20. The summed E-state index contributed by atoms with van der Waals surface area (Å²) in [6.07, 6.45) is 0.586. The molecule has 0 bridgehead atoms. The standard InChI is InChI=1S/C7H7ClO5/c1-3(6(10)11)2-4(9)5(8)7(12)13/h2,5H,1H3,(H,10,11)(H,12,13)/p-2/b3-2-. The highest BCUT2D eigenvalue weighted by molar-refractivity contribution is 6.42. The van der Waals surface area contributed by atoms with E-state index in [0.717, 1.165) is 6.92 Å². The van der Waals surface area contributed by atoms with E-state index in [0.29, 0.717) is 6.08 Å². The van der Waals surface area contributed by atoms with E-state index < -0.39 is 28.7 Å². The second-order valence-corrected chi connectivity index (χ2v) is 2.64. The lowest BCUT2D eigenvalue weighted by molar-refractivity contribution is -0.304. The van der Waals surface area contributed by atoms with Crippen molar-refractivity contribution in [3.8, 4) is 0 Å². The molecule has 0 aliphatic carbocycles. The largest absolute Gasteiger partial charge is 0.548 e. The van der Waals surface area contributed by atoms with Crippen molar-refractivity contribution < 1.29 is 24.6 Å². The Morgan fingerprint density at radius 1 is 1.31 bits per heavy atom. The molecular formula is C7H5ClO5-2. The third kappa shape index (κ3) is 3.71. The summed E-state index contributed by atoms with van der Waals surface area (Å²) in [7, 11) is 0. The van der Waals surface area contributed by atoms with Gasteiger partial charge < -0.3 is 19.8 Å². The van der Waals surface area contributed by atoms with Crippen molar-refractivity contribution in [2.45, 2.75) is 12.3 Å². The summed E-state index contributed by atoms with van der Waals surface area (Å²) in [5.41, 5.74) is -0.392. The molecule has 0 spiro atoms. The van der Waals surface area contributed by atoms with Crippen LogP contribution in [0.2, 0.25) is 0 Å². The second kappa shape index (κ2) is 4.61. The van der Waals surface area contributed by atoms with Gasteiger partial charge in [-0.2, -0.15) is 0 Å². The molecule has 0 aromatic heterocycles. The van der Waals surface area contributed by atoms with Gasteiger partial charge in [0.1, 0.15) is 5.38 Å². The fourth-order valence-electron chi connectivity index (χ4n) is 0.462. The molecule has 0 fully saturated rings. The van der Waals surface area contributed by atoms with Crippen LogP contribution in [0, 0.1) is 0 Å². The first-order valence-corrected chi connectivity index (χ1v) is 3.58. The maximum absolute atomic E-state index is 10.8. The van der Waals surface area contributed by atoms with Gasteiger partial charge in [0.2, 0.25) is 0 Å². The number of ketones is 1. The van der Waals surface area contributed by atoms with Crippen LogP contribution in [0.3, 0.4) is 0 Å². The number of carbonyl (C=O) groups is 3. The lowest BCUT2D eigenvalue weighted by atomic mass is 10.2. The quantitative estimate of drug-likeness (QED) is 0.289. The summed E-state index contributed by atoms with van der Waals surface area (Å²) in [5.74, 6) is -4.38. The van der Waals surface area contributed by atoms with Crippen molar-refractivity contribution in [2.24, 2.45) is 0 Å². The van der Waals surface area contributed by atoms with Gasteiger partial charge in [-0.3, -0.25) is 4.79 Å². The van der Waals surface area contributed by atoms with E-state index in [1.165, 1.54) is 0 Å². The predicted octanol–water partition coefficient (Wildman–Crippen LogP) is -2.39. The Bertz CT molecular complexity index is 281. The molecule has 1 unspecified atom stereocenters. The Morgan fingerprint density at radius 3 is 2.08 bits per heavy atom. The lowest BCUT2D eigenvalue weighted by Crippen LogP contribution is -2.37. The van der Waals surface area contributed by atoms with Crippen LogP contribution in [0.5, 0.6) is 0 Å². The van der Waals surface area contributed by atoms with Gasteiger partial charge >= 0.3 is 0 Å². The smallest absolute Gasteiger partial charge is 0.179 e. The minimum absolute atomic E-state index is 0.392. The Morgan fingerprint density at radius 2 is 1.77 bits per heavy atom. The molecule has 1 atom stereocenters. The molecule has 13 heavy (non-hydrogen) atoms. The van der Waals surface area contributed by atoms with Crippen LogP contribution in [0.15, 0.2) is 11.6 Å². The third-order valence-electron chi connectivity index (χ3n) is 1.14. The Labute approximate surface area is 78.6 Å². The number of carboxylic acids is 2. The molecule has 5 nitrogen and oxygen atoms in total. The normalized spacial score (nSPS) is 13.5. The number of rotatable bonds is 4. The van der Waals surface area contributed by atoms with Crippen molar-refractivity contribution in [1.29, 1.82) is 0 Å². The first kappa shape index (κ1) is 11.6. The van der Waals surface area contributed by atoms with E-state index in [2.05, 4.69) is 0 Å². The van der Waals surface area contributed by atoms with Crippen molar-refractivity contribution >= 4 is 29.3 Å². The van der Waals surface area contributed by atoms with Crippen LogP contribution in [0.1, 0.15) is 6.92 Å².